The Morgan fingerprint density at radius 2 is 1.68 bits per heavy atom. The van der Waals surface area contributed by atoms with Crippen LogP contribution in [-0.2, 0) is 4.79 Å². The van der Waals surface area contributed by atoms with Gasteiger partial charge in [-0.25, -0.2) is 9.97 Å². The Bertz CT molecular complexity index is 520. The number of nitrogens with zero attached hydrogens (tertiary/aromatic N) is 3. The molecule has 118 valence electrons. The van der Waals surface area contributed by atoms with Gasteiger partial charge < -0.3 is 10.2 Å². The molecule has 2 fully saturated rings. The first-order valence-electron chi connectivity index (χ1n) is 8.08. The molecule has 0 spiro atoms. The fourth-order valence-corrected chi connectivity index (χ4v) is 3.36. The minimum absolute atomic E-state index is 0.125. The molecule has 1 aliphatic heterocycles. The summed E-state index contributed by atoms with van der Waals surface area (Å²) in [6, 6.07) is 0.125. The third-order valence-corrected chi connectivity index (χ3v) is 4.67. The lowest BCUT2D eigenvalue weighted by Gasteiger charge is -2.33. The van der Waals surface area contributed by atoms with Gasteiger partial charge in [0.05, 0.1) is 5.56 Å². The molecule has 0 atom stereocenters. The van der Waals surface area contributed by atoms with Gasteiger partial charge in [-0.05, 0) is 25.7 Å². The molecule has 2 amide bonds. The molecule has 6 heteroatoms. The van der Waals surface area contributed by atoms with Crippen molar-refractivity contribution in [2.24, 2.45) is 5.92 Å². The van der Waals surface area contributed by atoms with E-state index < -0.39 is 0 Å². The lowest BCUT2D eigenvalue weighted by Crippen LogP contribution is -2.47. The van der Waals surface area contributed by atoms with Crippen molar-refractivity contribution in [3.63, 3.8) is 0 Å². The molecule has 2 aliphatic rings. The Hall–Kier alpha value is -1.98. The van der Waals surface area contributed by atoms with Crippen LogP contribution in [-0.4, -0.2) is 45.8 Å². The highest BCUT2D eigenvalue weighted by atomic mass is 16.2. The van der Waals surface area contributed by atoms with E-state index in [4.69, 9.17) is 0 Å². The van der Waals surface area contributed by atoms with Crippen molar-refractivity contribution in [2.75, 3.05) is 13.1 Å². The molecule has 0 bridgehead atoms. The van der Waals surface area contributed by atoms with Gasteiger partial charge in [0, 0.05) is 37.4 Å². The summed E-state index contributed by atoms with van der Waals surface area (Å²) in [6.45, 7) is 1.48. The standard InChI is InChI=1S/C16H22N4O2/c21-15(13-9-17-11-18-10-13)19-14-5-7-20(8-6-14)16(22)12-3-1-2-4-12/h9-12,14H,1-8H2,(H,19,21). The highest BCUT2D eigenvalue weighted by Crippen LogP contribution is 2.27. The van der Waals surface area contributed by atoms with Crippen molar-refractivity contribution in [3.8, 4) is 0 Å². The first-order valence-corrected chi connectivity index (χ1v) is 8.08. The maximum Gasteiger partial charge on any atom is 0.254 e. The Morgan fingerprint density at radius 1 is 1.05 bits per heavy atom. The van der Waals surface area contributed by atoms with Gasteiger partial charge in [-0.1, -0.05) is 12.8 Å². The molecule has 0 unspecified atom stereocenters. The van der Waals surface area contributed by atoms with Gasteiger partial charge in [0.25, 0.3) is 5.91 Å². The number of piperidine rings is 1. The normalized spacial score (nSPS) is 20.1. The molecule has 1 aromatic rings. The second kappa shape index (κ2) is 6.85. The lowest BCUT2D eigenvalue weighted by molar-refractivity contribution is -0.136. The van der Waals surface area contributed by atoms with Crippen LogP contribution in [0, 0.1) is 5.92 Å². The van der Waals surface area contributed by atoms with E-state index in [0.29, 0.717) is 11.5 Å². The topological polar surface area (TPSA) is 75.2 Å². The third-order valence-electron chi connectivity index (χ3n) is 4.67. The molecule has 3 rings (SSSR count). The summed E-state index contributed by atoms with van der Waals surface area (Å²) in [7, 11) is 0. The van der Waals surface area contributed by atoms with Crippen molar-refractivity contribution in [3.05, 3.63) is 24.3 Å². The van der Waals surface area contributed by atoms with Crippen LogP contribution in [0.1, 0.15) is 48.9 Å². The SMILES string of the molecule is O=C(NC1CCN(C(=O)C2CCCC2)CC1)c1cncnc1. The number of likely N-dealkylation sites (tertiary alicyclic amines) is 1. The number of carbonyl (C=O) groups excluding carboxylic acids is 2. The quantitative estimate of drug-likeness (QED) is 0.915. The molecular formula is C16H22N4O2. The summed E-state index contributed by atoms with van der Waals surface area (Å²) < 4.78 is 0. The molecule has 0 aromatic carbocycles. The number of aromatic nitrogens is 2. The van der Waals surface area contributed by atoms with Crippen molar-refractivity contribution in [1.82, 2.24) is 20.2 Å². The van der Waals surface area contributed by atoms with E-state index in [0.717, 1.165) is 38.8 Å². The summed E-state index contributed by atoms with van der Waals surface area (Å²) >= 11 is 0. The van der Waals surface area contributed by atoms with Crippen LogP contribution in [0.3, 0.4) is 0 Å². The van der Waals surface area contributed by atoms with Gasteiger partial charge in [-0.3, -0.25) is 9.59 Å². The maximum absolute atomic E-state index is 12.4. The molecule has 6 nitrogen and oxygen atoms in total. The minimum atomic E-state index is -0.138. The Morgan fingerprint density at radius 3 is 2.32 bits per heavy atom. The van der Waals surface area contributed by atoms with Crippen LogP contribution in [0.4, 0.5) is 0 Å². The number of nitrogens with one attached hydrogen (secondary N) is 1. The summed E-state index contributed by atoms with van der Waals surface area (Å²) in [5, 5.41) is 3.01. The Labute approximate surface area is 130 Å². The second-order valence-electron chi connectivity index (χ2n) is 6.18. The minimum Gasteiger partial charge on any atom is -0.349 e. The summed E-state index contributed by atoms with van der Waals surface area (Å²) in [5.41, 5.74) is 0.479. The monoisotopic (exact) mass is 302 g/mol. The van der Waals surface area contributed by atoms with Gasteiger partial charge >= 0.3 is 0 Å². The average molecular weight is 302 g/mol. The largest absolute Gasteiger partial charge is 0.349 e. The van der Waals surface area contributed by atoms with E-state index in [9.17, 15) is 9.59 Å². The Kier molecular flexibility index (Phi) is 4.65. The van der Waals surface area contributed by atoms with Crippen LogP contribution >= 0.6 is 0 Å². The zero-order valence-electron chi connectivity index (χ0n) is 12.7. The van der Waals surface area contributed by atoms with E-state index in [1.165, 1.54) is 31.6 Å². The molecule has 1 N–H and O–H groups in total. The maximum atomic E-state index is 12.4. The molecule has 22 heavy (non-hydrogen) atoms. The van der Waals surface area contributed by atoms with Gasteiger partial charge in [-0.15, -0.1) is 0 Å². The van der Waals surface area contributed by atoms with E-state index in [2.05, 4.69) is 15.3 Å². The smallest absolute Gasteiger partial charge is 0.254 e. The molecule has 1 saturated carbocycles. The third kappa shape index (κ3) is 3.43. The molecule has 1 saturated heterocycles. The van der Waals surface area contributed by atoms with Crippen LogP contribution in [0.15, 0.2) is 18.7 Å². The van der Waals surface area contributed by atoms with Crippen molar-refractivity contribution in [2.45, 2.75) is 44.6 Å². The molecule has 0 radical (unpaired) electrons. The van der Waals surface area contributed by atoms with Crippen molar-refractivity contribution >= 4 is 11.8 Å². The number of hydrogen-bond acceptors (Lipinski definition) is 4. The zero-order chi connectivity index (χ0) is 15.4. The van der Waals surface area contributed by atoms with Crippen LogP contribution < -0.4 is 5.32 Å². The predicted octanol–water partition coefficient (Wildman–Crippen LogP) is 1.39. The molecule has 1 aliphatic carbocycles. The summed E-state index contributed by atoms with van der Waals surface area (Å²) in [6.07, 6.45) is 10.5. The lowest BCUT2D eigenvalue weighted by atomic mass is 10.0. The van der Waals surface area contributed by atoms with Crippen molar-refractivity contribution in [1.29, 1.82) is 0 Å². The average Bonchev–Trinajstić information content (AvgIpc) is 3.10. The van der Waals surface area contributed by atoms with Gasteiger partial charge in [-0.2, -0.15) is 0 Å². The Balaban J connectivity index is 1.47. The first kappa shape index (κ1) is 14.9. The van der Waals surface area contributed by atoms with E-state index in [-0.39, 0.29) is 17.9 Å². The van der Waals surface area contributed by atoms with Crippen LogP contribution in [0.25, 0.3) is 0 Å². The highest BCUT2D eigenvalue weighted by molar-refractivity contribution is 5.93. The number of hydrogen-bond donors (Lipinski definition) is 1. The number of carbonyl (C=O) groups is 2. The van der Waals surface area contributed by atoms with Gasteiger partial charge in [0.2, 0.25) is 5.91 Å². The summed E-state index contributed by atoms with van der Waals surface area (Å²) in [4.78, 5) is 34.1. The molecular weight excluding hydrogens is 280 g/mol. The fraction of sp³-hybridized carbons (Fsp3) is 0.625. The summed E-state index contributed by atoms with van der Waals surface area (Å²) in [5.74, 6) is 0.424. The van der Waals surface area contributed by atoms with E-state index in [1.807, 2.05) is 4.90 Å². The van der Waals surface area contributed by atoms with Gasteiger partial charge in [0.1, 0.15) is 6.33 Å². The van der Waals surface area contributed by atoms with Crippen LogP contribution in [0.2, 0.25) is 0 Å². The second-order valence-corrected chi connectivity index (χ2v) is 6.18. The van der Waals surface area contributed by atoms with E-state index >= 15 is 0 Å². The first-order chi connectivity index (χ1) is 10.7. The predicted molar refractivity (Wildman–Crippen MR) is 81.1 cm³/mol. The van der Waals surface area contributed by atoms with E-state index in [1.54, 1.807) is 0 Å². The fourth-order valence-electron chi connectivity index (χ4n) is 3.36. The highest BCUT2D eigenvalue weighted by Gasteiger charge is 2.30. The van der Waals surface area contributed by atoms with Crippen LogP contribution in [0.5, 0.6) is 0 Å². The zero-order valence-corrected chi connectivity index (χ0v) is 12.7. The molecule has 2 heterocycles. The number of amides is 2. The number of rotatable bonds is 3. The van der Waals surface area contributed by atoms with Crippen molar-refractivity contribution < 1.29 is 9.59 Å². The van der Waals surface area contributed by atoms with Gasteiger partial charge in [0.15, 0.2) is 0 Å². The molecule has 1 aromatic heterocycles.